The lowest BCUT2D eigenvalue weighted by Gasteiger charge is -2.25. The first-order chi connectivity index (χ1) is 7.60. The maximum atomic E-state index is 11.1. The maximum Gasteiger partial charge on any atom is 0.248 e. The third-order valence-electron chi connectivity index (χ3n) is 3.47. The third kappa shape index (κ3) is 1.66. The van der Waals surface area contributed by atoms with E-state index in [1.54, 1.807) is 6.07 Å². The molecule has 0 unspecified atom stereocenters. The smallest absolute Gasteiger partial charge is 0.248 e. The van der Waals surface area contributed by atoms with Crippen LogP contribution < -0.4 is 10.5 Å². The molecule has 0 bridgehead atoms. The zero-order valence-corrected chi connectivity index (χ0v) is 9.75. The largest absolute Gasteiger partial charge is 0.487 e. The van der Waals surface area contributed by atoms with E-state index in [0.29, 0.717) is 5.56 Å². The Morgan fingerprint density at radius 2 is 2.12 bits per heavy atom. The molecule has 0 radical (unpaired) electrons. The van der Waals surface area contributed by atoms with Crippen LogP contribution in [0, 0.1) is 0 Å². The van der Waals surface area contributed by atoms with E-state index in [2.05, 4.69) is 13.8 Å². The number of ether oxygens (including phenoxy) is 1. The van der Waals surface area contributed by atoms with Gasteiger partial charge in [-0.25, -0.2) is 0 Å². The summed E-state index contributed by atoms with van der Waals surface area (Å²) in [4.78, 5) is 11.1. The summed E-state index contributed by atoms with van der Waals surface area (Å²) in [5.74, 6) is 0.516. The molecule has 1 heterocycles. The highest BCUT2D eigenvalue weighted by Crippen LogP contribution is 2.39. The normalized spacial score (nSPS) is 16.6. The average molecular weight is 219 g/mol. The minimum absolute atomic E-state index is 0.0847. The van der Waals surface area contributed by atoms with Gasteiger partial charge in [0.1, 0.15) is 11.4 Å². The van der Waals surface area contributed by atoms with Gasteiger partial charge in [-0.2, -0.15) is 0 Å². The second-order valence-corrected chi connectivity index (χ2v) is 4.36. The number of fused-ring (bicyclic) bond motifs is 1. The number of nitrogens with two attached hydrogens (primary N) is 1. The molecule has 1 aromatic carbocycles. The van der Waals surface area contributed by atoms with Gasteiger partial charge < -0.3 is 10.5 Å². The van der Waals surface area contributed by atoms with Crippen molar-refractivity contribution in [3.63, 3.8) is 0 Å². The van der Waals surface area contributed by atoms with Crippen LogP contribution in [0.2, 0.25) is 0 Å². The van der Waals surface area contributed by atoms with E-state index in [9.17, 15) is 4.79 Å². The molecule has 1 aliphatic rings. The van der Waals surface area contributed by atoms with Crippen molar-refractivity contribution in [2.45, 2.75) is 38.7 Å². The molecule has 0 spiro atoms. The summed E-state index contributed by atoms with van der Waals surface area (Å²) in [6, 6.07) is 5.43. The summed E-state index contributed by atoms with van der Waals surface area (Å²) in [5.41, 5.74) is 6.83. The molecule has 0 atom stereocenters. The number of benzene rings is 1. The number of primary amides is 1. The van der Waals surface area contributed by atoms with Gasteiger partial charge in [0.15, 0.2) is 0 Å². The Labute approximate surface area is 95.6 Å². The third-order valence-corrected chi connectivity index (χ3v) is 3.47. The number of rotatable bonds is 3. The fraction of sp³-hybridized carbons (Fsp3) is 0.462. The average Bonchev–Trinajstić information content (AvgIpc) is 2.67. The Balaban J connectivity index is 2.34. The second kappa shape index (κ2) is 3.81. The van der Waals surface area contributed by atoms with E-state index in [0.717, 1.165) is 30.6 Å². The Morgan fingerprint density at radius 1 is 1.44 bits per heavy atom. The van der Waals surface area contributed by atoms with Gasteiger partial charge in [0.05, 0.1) is 0 Å². The predicted octanol–water partition coefficient (Wildman–Crippen LogP) is 2.28. The number of carbonyl (C=O) groups excluding carboxylic acids is 1. The lowest BCUT2D eigenvalue weighted by atomic mass is 9.91. The number of hydrogen-bond donors (Lipinski definition) is 1. The van der Waals surface area contributed by atoms with Gasteiger partial charge in [0.2, 0.25) is 5.91 Å². The molecule has 1 aliphatic heterocycles. The quantitative estimate of drug-likeness (QED) is 0.847. The molecule has 1 amide bonds. The van der Waals surface area contributed by atoms with Gasteiger partial charge in [0.25, 0.3) is 0 Å². The molecule has 3 nitrogen and oxygen atoms in total. The molecule has 0 saturated heterocycles. The number of amides is 1. The summed E-state index contributed by atoms with van der Waals surface area (Å²) in [6.45, 7) is 4.26. The second-order valence-electron chi connectivity index (χ2n) is 4.36. The van der Waals surface area contributed by atoms with Gasteiger partial charge >= 0.3 is 0 Å². The molecule has 2 N–H and O–H groups in total. The van der Waals surface area contributed by atoms with Crippen molar-refractivity contribution in [3.05, 3.63) is 29.3 Å². The van der Waals surface area contributed by atoms with Crippen molar-refractivity contribution in [2.24, 2.45) is 5.73 Å². The molecule has 0 aromatic heterocycles. The van der Waals surface area contributed by atoms with Crippen LogP contribution in [0.4, 0.5) is 0 Å². The minimum Gasteiger partial charge on any atom is -0.487 e. The van der Waals surface area contributed by atoms with Gasteiger partial charge in [-0.15, -0.1) is 0 Å². The van der Waals surface area contributed by atoms with Crippen LogP contribution in [0.25, 0.3) is 0 Å². The molecule has 3 heteroatoms. The van der Waals surface area contributed by atoms with Crippen molar-refractivity contribution in [1.82, 2.24) is 0 Å². The topological polar surface area (TPSA) is 52.3 Å². The Bertz CT molecular complexity index is 422. The highest BCUT2D eigenvalue weighted by molar-refractivity contribution is 5.93. The highest BCUT2D eigenvalue weighted by Gasteiger charge is 2.36. The SMILES string of the molecule is CCC1(CC)Cc2cc(C(N)=O)ccc2O1. The summed E-state index contributed by atoms with van der Waals surface area (Å²) in [5, 5.41) is 0. The lowest BCUT2D eigenvalue weighted by molar-refractivity contribution is 0.0858. The monoisotopic (exact) mass is 219 g/mol. The predicted molar refractivity (Wildman–Crippen MR) is 62.6 cm³/mol. The molecule has 1 aromatic rings. The van der Waals surface area contributed by atoms with Crippen LogP contribution in [0.15, 0.2) is 18.2 Å². The first-order valence-electron chi connectivity index (χ1n) is 5.72. The standard InChI is InChI=1S/C13H17NO2/c1-3-13(4-2)8-10-7-9(12(14)15)5-6-11(10)16-13/h5-7H,3-4,8H2,1-2H3,(H2,14,15). The van der Waals surface area contributed by atoms with Crippen molar-refractivity contribution < 1.29 is 9.53 Å². The Morgan fingerprint density at radius 3 is 2.69 bits per heavy atom. The fourth-order valence-electron chi connectivity index (χ4n) is 2.23. The molecule has 0 aliphatic carbocycles. The molecule has 0 saturated carbocycles. The van der Waals surface area contributed by atoms with Crippen molar-refractivity contribution in [3.8, 4) is 5.75 Å². The molecule has 86 valence electrons. The van der Waals surface area contributed by atoms with E-state index in [-0.39, 0.29) is 11.5 Å². The van der Waals surface area contributed by atoms with Crippen molar-refractivity contribution in [2.75, 3.05) is 0 Å². The molecular formula is C13H17NO2. The number of hydrogen-bond acceptors (Lipinski definition) is 2. The van der Waals surface area contributed by atoms with Crippen molar-refractivity contribution >= 4 is 5.91 Å². The van der Waals surface area contributed by atoms with Gasteiger partial charge in [-0.05, 0) is 36.6 Å². The lowest BCUT2D eigenvalue weighted by Crippen LogP contribution is -2.32. The van der Waals surface area contributed by atoms with E-state index >= 15 is 0 Å². The summed E-state index contributed by atoms with van der Waals surface area (Å²) in [7, 11) is 0. The van der Waals surface area contributed by atoms with Gasteiger partial charge in [-0.3, -0.25) is 4.79 Å². The van der Waals surface area contributed by atoms with Gasteiger partial charge in [-0.1, -0.05) is 13.8 Å². The molecular weight excluding hydrogens is 202 g/mol. The molecule has 2 rings (SSSR count). The van der Waals surface area contributed by atoms with Crippen LogP contribution >= 0.6 is 0 Å². The first kappa shape index (κ1) is 11.0. The number of carbonyl (C=O) groups is 1. The zero-order chi connectivity index (χ0) is 11.8. The summed E-state index contributed by atoms with van der Waals surface area (Å²) >= 11 is 0. The Kier molecular flexibility index (Phi) is 2.62. The van der Waals surface area contributed by atoms with E-state index in [4.69, 9.17) is 10.5 Å². The van der Waals surface area contributed by atoms with Crippen LogP contribution in [-0.2, 0) is 6.42 Å². The van der Waals surface area contributed by atoms with Gasteiger partial charge in [0, 0.05) is 12.0 Å². The first-order valence-corrected chi connectivity index (χ1v) is 5.72. The summed E-state index contributed by atoms with van der Waals surface area (Å²) in [6.07, 6.45) is 2.82. The fourth-order valence-corrected chi connectivity index (χ4v) is 2.23. The Hall–Kier alpha value is -1.51. The van der Waals surface area contributed by atoms with Crippen LogP contribution in [0.1, 0.15) is 42.6 Å². The highest BCUT2D eigenvalue weighted by atomic mass is 16.5. The molecule has 0 fully saturated rings. The van der Waals surface area contributed by atoms with Crippen LogP contribution in [0.5, 0.6) is 5.75 Å². The van der Waals surface area contributed by atoms with Crippen LogP contribution in [-0.4, -0.2) is 11.5 Å². The maximum absolute atomic E-state index is 11.1. The van der Waals surface area contributed by atoms with Crippen LogP contribution in [0.3, 0.4) is 0 Å². The minimum atomic E-state index is -0.381. The summed E-state index contributed by atoms with van der Waals surface area (Å²) < 4.78 is 5.98. The zero-order valence-electron chi connectivity index (χ0n) is 9.75. The van der Waals surface area contributed by atoms with Crippen molar-refractivity contribution in [1.29, 1.82) is 0 Å². The van der Waals surface area contributed by atoms with E-state index in [1.807, 2.05) is 12.1 Å². The molecule has 16 heavy (non-hydrogen) atoms. The van der Waals surface area contributed by atoms with E-state index < -0.39 is 0 Å². The van der Waals surface area contributed by atoms with E-state index in [1.165, 1.54) is 0 Å².